The number of aromatic nitrogens is 3. The lowest BCUT2D eigenvalue weighted by Crippen LogP contribution is -2.42. The normalized spacial score (nSPS) is 13.2. The first-order valence-corrected chi connectivity index (χ1v) is 9.23. The van der Waals surface area contributed by atoms with Gasteiger partial charge in [0.15, 0.2) is 0 Å². The zero-order valence-electron chi connectivity index (χ0n) is 13.0. The van der Waals surface area contributed by atoms with Gasteiger partial charge in [-0.1, -0.05) is 13.8 Å². The second-order valence-electron chi connectivity index (χ2n) is 5.16. The van der Waals surface area contributed by atoms with Gasteiger partial charge in [0.05, 0.1) is 26.0 Å². The van der Waals surface area contributed by atoms with Crippen LogP contribution in [0, 0.1) is 5.92 Å². The predicted molar refractivity (Wildman–Crippen MR) is 84.6 cm³/mol. The van der Waals surface area contributed by atoms with Crippen LogP contribution >= 0.6 is 11.3 Å². The lowest BCUT2D eigenvalue weighted by Gasteiger charge is -2.21. The van der Waals surface area contributed by atoms with Crippen LogP contribution in [0.15, 0.2) is 28.7 Å². The number of hydrogen-bond donors (Lipinski definition) is 1. The van der Waals surface area contributed by atoms with Crippen molar-refractivity contribution in [2.45, 2.75) is 31.3 Å². The fourth-order valence-corrected chi connectivity index (χ4v) is 4.62. The summed E-state index contributed by atoms with van der Waals surface area (Å²) in [4.78, 5) is 13.1. The summed E-state index contributed by atoms with van der Waals surface area (Å²) in [5.74, 6) is -0.661. The molecule has 0 aromatic carbocycles. The van der Waals surface area contributed by atoms with Crippen molar-refractivity contribution in [2.75, 3.05) is 7.11 Å². The second-order valence-corrected chi connectivity index (χ2v) is 7.76. The Labute approximate surface area is 138 Å². The number of ether oxygens (including phenoxy) is 1. The Morgan fingerprint density at radius 1 is 1.39 bits per heavy atom. The Morgan fingerprint density at radius 3 is 2.61 bits per heavy atom. The molecule has 2 heterocycles. The van der Waals surface area contributed by atoms with E-state index in [1.807, 2.05) is 13.8 Å². The van der Waals surface area contributed by atoms with Gasteiger partial charge in [-0.05, 0) is 17.4 Å². The van der Waals surface area contributed by atoms with Crippen LogP contribution in [0.4, 0.5) is 0 Å². The third-order valence-corrected chi connectivity index (χ3v) is 5.78. The zero-order valence-corrected chi connectivity index (χ0v) is 14.6. The number of sulfonamides is 1. The predicted octanol–water partition coefficient (Wildman–Crippen LogP) is 1.13. The molecule has 1 atom stereocenters. The first-order chi connectivity index (χ1) is 10.8. The molecule has 8 nitrogen and oxygen atoms in total. The summed E-state index contributed by atoms with van der Waals surface area (Å²) in [7, 11) is -2.64. The van der Waals surface area contributed by atoms with Crippen molar-refractivity contribution in [1.82, 2.24) is 19.7 Å². The molecule has 0 saturated carbocycles. The fourth-order valence-electron chi connectivity index (χ4n) is 1.91. The maximum atomic E-state index is 12.6. The first kappa shape index (κ1) is 17.6. The lowest BCUT2D eigenvalue weighted by molar-refractivity contribution is 0.0602. The molecule has 23 heavy (non-hydrogen) atoms. The molecule has 10 heteroatoms. The van der Waals surface area contributed by atoms with E-state index in [2.05, 4.69) is 19.7 Å². The average Bonchev–Trinajstić information content (AvgIpc) is 3.16. The summed E-state index contributed by atoms with van der Waals surface area (Å²) < 4.78 is 32.5. The van der Waals surface area contributed by atoms with Gasteiger partial charge in [0, 0.05) is 6.04 Å². The summed E-state index contributed by atoms with van der Waals surface area (Å²) in [5.41, 5.74) is 0. The number of thiophene rings is 1. The molecule has 0 amide bonds. The first-order valence-electron chi connectivity index (χ1n) is 6.87. The van der Waals surface area contributed by atoms with Gasteiger partial charge < -0.3 is 4.74 Å². The van der Waals surface area contributed by atoms with Crippen molar-refractivity contribution in [2.24, 2.45) is 5.92 Å². The molecule has 0 spiro atoms. The third kappa shape index (κ3) is 4.15. The van der Waals surface area contributed by atoms with Gasteiger partial charge in [-0.3, -0.25) is 0 Å². The van der Waals surface area contributed by atoms with Gasteiger partial charge >= 0.3 is 5.97 Å². The second kappa shape index (κ2) is 7.20. The van der Waals surface area contributed by atoms with E-state index in [0.29, 0.717) is 6.54 Å². The van der Waals surface area contributed by atoms with E-state index in [0.717, 1.165) is 11.3 Å². The van der Waals surface area contributed by atoms with Crippen LogP contribution in [0.25, 0.3) is 0 Å². The van der Waals surface area contributed by atoms with Crippen LogP contribution < -0.4 is 4.72 Å². The SMILES string of the molecule is COC(=O)c1sccc1S(=O)(=O)NC(Cn1nccn1)C(C)C. The van der Waals surface area contributed by atoms with Gasteiger partial charge in [-0.25, -0.2) is 17.9 Å². The molecule has 1 unspecified atom stereocenters. The minimum absolute atomic E-state index is 0.0102. The molecule has 126 valence electrons. The van der Waals surface area contributed by atoms with Crippen LogP contribution in [0.3, 0.4) is 0 Å². The van der Waals surface area contributed by atoms with Crippen LogP contribution in [-0.4, -0.2) is 42.5 Å². The maximum Gasteiger partial charge on any atom is 0.349 e. The number of carbonyl (C=O) groups is 1. The van der Waals surface area contributed by atoms with Crippen LogP contribution in [0.5, 0.6) is 0 Å². The number of esters is 1. The molecule has 0 bridgehead atoms. The number of hydrogen-bond acceptors (Lipinski definition) is 7. The number of carbonyl (C=O) groups excluding carboxylic acids is 1. The van der Waals surface area contributed by atoms with Gasteiger partial charge in [0.2, 0.25) is 10.0 Å². The Bertz CT molecular complexity index is 753. The largest absolute Gasteiger partial charge is 0.465 e. The van der Waals surface area contributed by atoms with E-state index in [9.17, 15) is 13.2 Å². The van der Waals surface area contributed by atoms with E-state index >= 15 is 0 Å². The zero-order chi connectivity index (χ0) is 17.0. The molecule has 0 aliphatic heterocycles. The van der Waals surface area contributed by atoms with Crippen molar-refractivity contribution in [3.8, 4) is 0 Å². The highest BCUT2D eigenvalue weighted by Crippen LogP contribution is 2.23. The molecule has 2 aromatic heterocycles. The number of nitrogens with zero attached hydrogens (tertiary/aromatic N) is 3. The van der Waals surface area contributed by atoms with E-state index in [1.54, 1.807) is 5.38 Å². The summed E-state index contributed by atoms with van der Waals surface area (Å²) in [6.45, 7) is 4.08. The molecule has 2 rings (SSSR count). The van der Waals surface area contributed by atoms with Crippen molar-refractivity contribution in [3.63, 3.8) is 0 Å². The molecule has 0 aliphatic carbocycles. The van der Waals surface area contributed by atoms with Gasteiger partial charge in [0.25, 0.3) is 0 Å². The highest BCUT2D eigenvalue weighted by Gasteiger charge is 2.28. The molecule has 1 N–H and O–H groups in total. The highest BCUT2D eigenvalue weighted by atomic mass is 32.2. The Morgan fingerprint density at radius 2 is 2.04 bits per heavy atom. The van der Waals surface area contributed by atoms with Gasteiger partial charge in [0.1, 0.15) is 9.77 Å². The Balaban J connectivity index is 2.25. The van der Waals surface area contributed by atoms with Crippen molar-refractivity contribution < 1.29 is 17.9 Å². The number of rotatable bonds is 7. The summed E-state index contributed by atoms with van der Waals surface area (Å²) >= 11 is 1.03. The lowest BCUT2D eigenvalue weighted by atomic mass is 10.1. The number of methoxy groups -OCH3 is 1. The molecule has 0 fully saturated rings. The van der Waals surface area contributed by atoms with E-state index < -0.39 is 22.0 Å². The summed E-state index contributed by atoms with van der Waals surface area (Å²) in [5, 5.41) is 9.52. The summed E-state index contributed by atoms with van der Waals surface area (Å²) in [6.07, 6.45) is 3.06. The van der Waals surface area contributed by atoms with E-state index in [-0.39, 0.29) is 15.7 Å². The van der Waals surface area contributed by atoms with E-state index in [1.165, 1.54) is 30.4 Å². The monoisotopic (exact) mass is 358 g/mol. The topological polar surface area (TPSA) is 103 Å². The maximum absolute atomic E-state index is 12.6. The molecule has 0 radical (unpaired) electrons. The summed E-state index contributed by atoms with van der Waals surface area (Å²) in [6, 6.07) is 0.973. The number of nitrogens with one attached hydrogen (secondary N) is 1. The highest BCUT2D eigenvalue weighted by molar-refractivity contribution is 7.89. The standard InChI is InChI=1S/C13H18N4O4S2/c1-9(2)10(8-17-14-5-6-15-17)16-23(19,20)11-4-7-22-12(11)13(18)21-3/h4-7,9-10,16H,8H2,1-3H3. The Kier molecular flexibility index (Phi) is 5.50. The minimum atomic E-state index is -3.86. The third-order valence-electron chi connectivity index (χ3n) is 3.23. The molecule has 0 saturated heterocycles. The molecular formula is C13H18N4O4S2. The van der Waals surface area contributed by atoms with Crippen LogP contribution in [0.2, 0.25) is 0 Å². The van der Waals surface area contributed by atoms with Crippen molar-refractivity contribution in [3.05, 3.63) is 28.7 Å². The van der Waals surface area contributed by atoms with Crippen LogP contribution in [0.1, 0.15) is 23.5 Å². The molecule has 2 aromatic rings. The minimum Gasteiger partial charge on any atom is -0.465 e. The fraction of sp³-hybridized carbons (Fsp3) is 0.462. The smallest absolute Gasteiger partial charge is 0.349 e. The average molecular weight is 358 g/mol. The van der Waals surface area contributed by atoms with Crippen LogP contribution in [-0.2, 0) is 21.3 Å². The van der Waals surface area contributed by atoms with Crippen molar-refractivity contribution >= 4 is 27.3 Å². The van der Waals surface area contributed by atoms with Crippen molar-refractivity contribution in [1.29, 1.82) is 0 Å². The van der Waals surface area contributed by atoms with Gasteiger partial charge in [-0.2, -0.15) is 15.0 Å². The quantitative estimate of drug-likeness (QED) is 0.744. The molecule has 0 aliphatic rings. The Hall–Kier alpha value is -1.78. The van der Waals surface area contributed by atoms with E-state index in [4.69, 9.17) is 0 Å². The molecular weight excluding hydrogens is 340 g/mol. The van der Waals surface area contributed by atoms with Gasteiger partial charge in [-0.15, -0.1) is 11.3 Å².